The summed E-state index contributed by atoms with van der Waals surface area (Å²) in [6.07, 6.45) is 4.71. The van der Waals surface area contributed by atoms with Crippen molar-refractivity contribution in [2.45, 2.75) is 0 Å². The molecule has 0 fully saturated rings. The average Bonchev–Trinajstić information content (AvgIpc) is 2.68. The lowest BCUT2D eigenvalue weighted by molar-refractivity contribution is 0.0996. The standard InChI is InChI=1S/C9H8N4O/c10-9(14)7-5-13(6-12-7)8-3-1-2-4-11-8/h1-6H,(H2,10,14). The van der Waals surface area contributed by atoms with E-state index in [2.05, 4.69) is 9.97 Å². The van der Waals surface area contributed by atoms with E-state index in [1.165, 1.54) is 6.33 Å². The van der Waals surface area contributed by atoms with Crippen molar-refractivity contribution in [3.05, 3.63) is 42.6 Å². The van der Waals surface area contributed by atoms with Crippen molar-refractivity contribution >= 4 is 5.91 Å². The van der Waals surface area contributed by atoms with Crippen LogP contribution in [-0.2, 0) is 0 Å². The van der Waals surface area contributed by atoms with Gasteiger partial charge in [-0.2, -0.15) is 0 Å². The molecule has 2 N–H and O–H groups in total. The number of amides is 1. The molecule has 5 heteroatoms. The first-order valence-electron chi connectivity index (χ1n) is 4.02. The van der Waals surface area contributed by atoms with Crippen LogP contribution in [0.2, 0.25) is 0 Å². The van der Waals surface area contributed by atoms with E-state index < -0.39 is 5.91 Å². The Morgan fingerprint density at radius 3 is 2.79 bits per heavy atom. The quantitative estimate of drug-likeness (QED) is 0.739. The molecule has 1 amide bonds. The second-order valence-electron chi connectivity index (χ2n) is 2.72. The van der Waals surface area contributed by atoms with Crippen LogP contribution < -0.4 is 5.73 Å². The molecule has 0 spiro atoms. The summed E-state index contributed by atoms with van der Waals surface area (Å²) in [5.74, 6) is 0.159. The number of hydrogen-bond acceptors (Lipinski definition) is 3. The summed E-state index contributed by atoms with van der Waals surface area (Å²) in [6.45, 7) is 0. The number of aromatic nitrogens is 3. The Hall–Kier alpha value is -2.17. The lowest BCUT2D eigenvalue weighted by Crippen LogP contribution is -2.11. The number of carbonyl (C=O) groups is 1. The third-order valence-corrected chi connectivity index (χ3v) is 1.75. The Kier molecular flexibility index (Phi) is 1.98. The maximum absolute atomic E-state index is 10.8. The van der Waals surface area contributed by atoms with Crippen molar-refractivity contribution < 1.29 is 4.79 Å². The van der Waals surface area contributed by atoms with Crippen molar-refractivity contribution in [2.75, 3.05) is 0 Å². The smallest absolute Gasteiger partial charge is 0.268 e. The summed E-state index contributed by atoms with van der Waals surface area (Å²) < 4.78 is 1.64. The van der Waals surface area contributed by atoms with Gasteiger partial charge in [0.15, 0.2) is 0 Å². The first kappa shape index (κ1) is 8.43. The Morgan fingerprint density at radius 1 is 1.36 bits per heavy atom. The van der Waals surface area contributed by atoms with Crippen LogP contribution >= 0.6 is 0 Å². The fraction of sp³-hybridized carbons (Fsp3) is 0. The summed E-state index contributed by atoms with van der Waals surface area (Å²) in [4.78, 5) is 18.7. The highest BCUT2D eigenvalue weighted by molar-refractivity contribution is 5.90. The topological polar surface area (TPSA) is 73.8 Å². The van der Waals surface area contributed by atoms with Crippen LogP contribution in [0.4, 0.5) is 0 Å². The Bertz CT molecular complexity index is 449. The van der Waals surface area contributed by atoms with Crippen LogP contribution in [0.15, 0.2) is 36.9 Å². The van der Waals surface area contributed by atoms with E-state index in [4.69, 9.17) is 5.73 Å². The van der Waals surface area contributed by atoms with Crippen LogP contribution in [0, 0.1) is 0 Å². The number of pyridine rings is 1. The van der Waals surface area contributed by atoms with Gasteiger partial charge in [0.2, 0.25) is 0 Å². The van der Waals surface area contributed by atoms with E-state index in [-0.39, 0.29) is 5.69 Å². The third kappa shape index (κ3) is 1.47. The molecule has 0 atom stereocenters. The first-order chi connectivity index (χ1) is 6.77. The zero-order valence-electron chi connectivity index (χ0n) is 7.29. The molecule has 5 nitrogen and oxygen atoms in total. The molecular weight excluding hydrogens is 180 g/mol. The molecule has 70 valence electrons. The second-order valence-corrected chi connectivity index (χ2v) is 2.72. The normalized spacial score (nSPS) is 10.0. The molecule has 0 radical (unpaired) electrons. The molecule has 0 aromatic carbocycles. The second kappa shape index (κ2) is 3.29. The van der Waals surface area contributed by atoms with Gasteiger partial charge >= 0.3 is 0 Å². The van der Waals surface area contributed by atoms with Crippen molar-refractivity contribution in [3.63, 3.8) is 0 Å². The minimum absolute atomic E-state index is 0.232. The predicted octanol–water partition coefficient (Wildman–Crippen LogP) is 0.366. The van der Waals surface area contributed by atoms with Crippen molar-refractivity contribution in [1.82, 2.24) is 14.5 Å². The van der Waals surface area contributed by atoms with E-state index in [1.54, 1.807) is 17.0 Å². The van der Waals surface area contributed by atoms with E-state index in [0.717, 1.165) is 0 Å². The minimum atomic E-state index is -0.542. The molecule has 0 bridgehead atoms. The summed E-state index contributed by atoms with van der Waals surface area (Å²) in [6, 6.07) is 5.48. The van der Waals surface area contributed by atoms with Crippen molar-refractivity contribution in [3.8, 4) is 5.82 Å². The Morgan fingerprint density at radius 2 is 2.21 bits per heavy atom. The SMILES string of the molecule is NC(=O)c1cn(-c2ccccn2)cn1. The minimum Gasteiger partial charge on any atom is -0.364 e. The summed E-state index contributed by atoms with van der Waals surface area (Å²) in [5.41, 5.74) is 5.30. The van der Waals surface area contributed by atoms with Crippen LogP contribution in [-0.4, -0.2) is 20.4 Å². The Labute approximate surface area is 80.2 Å². The van der Waals surface area contributed by atoms with Gasteiger partial charge in [0, 0.05) is 12.4 Å². The van der Waals surface area contributed by atoms with Gasteiger partial charge in [-0.15, -0.1) is 0 Å². The van der Waals surface area contributed by atoms with Gasteiger partial charge in [-0.05, 0) is 12.1 Å². The molecule has 14 heavy (non-hydrogen) atoms. The molecule has 2 aromatic heterocycles. The number of nitrogens with zero attached hydrogens (tertiary/aromatic N) is 3. The lowest BCUT2D eigenvalue weighted by Gasteiger charge is -1.97. The predicted molar refractivity (Wildman–Crippen MR) is 49.9 cm³/mol. The van der Waals surface area contributed by atoms with E-state index >= 15 is 0 Å². The van der Waals surface area contributed by atoms with Crippen LogP contribution in [0.3, 0.4) is 0 Å². The highest BCUT2D eigenvalue weighted by Gasteiger charge is 2.05. The molecular formula is C9H8N4O. The number of nitrogens with two attached hydrogens (primary N) is 1. The monoisotopic (exact) mass is 188 g/mol. The number of carbonyl (C=O) groups excluding carboxylic acids is 1. The zero-order chi connectivity index (χ0) is 9.97. The van der Waals surface area contributed by atoms with Gasteiger partial charge in [-0.25, -0.2) is 9.97 Å². The highest BCUT2D eigenvalue weighted by atomic mass is 16.1. The molecule has 0 aliphatic rings. The molecule has 0 aliphatic carbocycles. The van der Waals surface area contributed by atoms with Gasteiger partial charge in [-0.1, -0.05) is 6.07 Å². The number of primary amides is 1. The number of hydrogen-bond donors (Lipinski definition) is 1. The van der Waals surface area contributed by atoms with Crippen LogP contribution in [0.25, 0.3) is 5.82 Å². The third-order valence-electron chi connectivity index (χ3n) is 1.75. The fourth-order valence-corrected chi connectivity index (χ4v) is 1.08. The van der Waals surface area contributed by atoms with Gasteiger partial charge < -0.3 is 5.73 Å². The molecule has 0 unspecified atom stereocenters. The first-order valence-corrected chi connectivity index (χ1v) is 4.02. The van der Waals surface area contributed by atoms with Crippen LogP contribution in [0.1, 0.15) is 10.5 Å². The summed E-state index contributed by atoms with van der Waals surface area (Å²) in [5, 5.41) is 0. The molecule has 0 aliphatic heterocycles. The number of imidazole rings is 1. The summed E-state index contributed by atoms with van der Waals surface area (Å²) in [7, 11) is 0. The lowest BCUT2D eigenvalue weighted by atomic mass is 10.4. The number of rotatable bonds is 2. The molecule has 2 heterocycles. The average molecular weight is 188 g/mol. The van der Waals surface area contributed by atoms with Crippen LogP contribution in [0.5, 0.6) is 0 Å². The van der Waals surface area contributed by atoms with Gasteiger partial charge in [0.1, 0.15) is 17.8 Å². The molecule has 2 aromatic rings. The largest absolute Gasteiger partial charge is 0.364 e. The maximum atomic E-state index is 10.8. The van der Waals surface area contributed by atoms with E-state index in [9.17, 15) is 4.79 Å². The van der Waals surface area contributed by atoms with Gasteiger partial charge in [-0.3, -0.25) is 9.36 Å². The van der Waals surface area contributed by atoms with Gasteiger partial charge in [0.05, 0.1) is 0 Å². The summed E-state index contributed by atoms with van der Waals surface area (Å²) >= 11 is 0. The maximum Gasteiger partial charge on any atom is 0.268 e. The van der Waals surface area contributed by atoms with Gasteiger partial charge in [0.25, 0.3) is 5.91 Å². The van der Waals surface area contributed by atoms with Crippen molar-refractivity contribution in [1.29, 1.82) is 0 Å². The van der Waals surface area contributed by atoms with Crippen molar-refractivity contribution in [2.24, 2.45) is 5.73 Å². The zero-order valence-corrected chi connectivity index (χ0v) is 7.29. The molecule has 0 saturated heterocycles. The molecule has 2 rings (SSSR count). The Balaban J connectivity index is 2.39. The highest BCUT2D eigenvalue weighted by Crippen LogP contribution is 2.03. The van der Waals surface area contributed by atoms with E-state index in [1.807, 2.05) is 18.2 Å². The fourth-order valence-electron chi connectivity index (χ4n) is 1.08. The molecule has 0 saturated carbocycles. The van der Waals surface area contributed by atoms with E-state index in [0.29, 0.717) is 5.82 Å².